The van der Waals surface area contributed by atoms with Gasteiger partial charge in [0.15, 0.2) is 0 Å². The van der Waals surface area contributed by atoms with Gasteiger partial charge in [-0.05, 0) is 19.4 Å². The van der Waals surface area contributed by atoms with Crippen molar-refractivity contribution in [3.63, 3.8) is 0 Å². The van der Waals surface area contributed by atoms with Gasteiger partial charge in [0, 0.05) is 6.16 Å². The Morgan fingerprint density at radius 2 is 2.18 bits per heavy atom. The van der Waals surface area contributed by atoms with Crippen LogP contribution in [0.3, 0.4) is 0 Å². The SMILES string of the molecule is CCP(=O)(O)C(N)CCCN. The van der Waals surface area contributed by atoms with Gasteiger partial charge in [0.2, 0.25) is 7.37 Å². The third-order valence-electron chi connectivity index (χ3n) is 1.68. The summed E-state index contributed by atoms with van der Waals surface area (Å²) < 4.78 is 11.2. The molecule has 5 heteroatoms. The molecule has 0 spiro atoms. The molecule has 0 bridgehead atoms. The van der Waals surface area contributed by atoms with Gasteiger partial charge in [0.1, 0.15) is 0 Å². The first-order chi connectivity index (χ1) is 5.04. The molecule has 2 atom stereocenters. The molecule has 0 radical (unpaired) electrons. The van der Waals surface area contributed by atoms with Gasteiger partial charge < -0.3 is 16.4 Å². The van der Waals surface area contributed by atoms with E-state index in [1.54, 1.807) is 6.92 Å². The Kier molecular flexibility index (Phi) is 4.93. The van der Waals surface area contributed by atoms with E-state index in [1.807, 2.05) is 0 Å². The van der Waals surface area contributed by atoms with E-state index in [4.69, 9.17) is 11.5 Å². The van der Waals surface area contributed by atoms with Gasteiger partial charge in [-0.25, -0.2) is 0 Å². The number of nitrogens with two attached hydrogens (primary N) is 2. The summed E-state index contributed by atoms with van der Waals surface area (Å²) in [6, 6.07) is 0. The van der Waals surface area contributed by atoms with Crippen molar-refractivity contribution in [3.8, 4) is 0 Å². The van der Waals surface area contributed by atoms with Crippen molar-refractivity contribution in [1.82, 2.24) is 0 Å². The second-order valence-corrected chi connectivity index (χ2v) is 5.38. The molecule has 4 nitrogen and oxygen atoms in total. The van der Waals surface area contributed by atoms with Crippen LogP contribution in [-0.2, 0) is 4.57 Å². The summed E-state index contributed by atoms with van der Waals surface area (Å²) in [5.74, 6) is -0.587. The second kappa shape index (κ2) is 4.88. The molecule has 0 amide bonds. The normalized spacial score (nSPS) is 19.3. The minimum absolute atomic E-state index is 0.249. The quantitative estimate of drug-likeness (QED) is 0.531. The maximum absolute atomic E-state index is 11.2. The molecule has 0 fully saturated rings. The molecule has 0 saturated heterocycles. The molecule has 0 aliphatic carbocycles. The van der Waals surface area contributed by atoms with Crippen molar-refractivity contribution in [3.05, 3.63) is 0 Å². The predicted molar refractivity (Wildman–Crippen MR) is 46.6 cm³/mol. The number of hydrogen-bond acceptors (Lipinski definition) is 3. The summed E-state index contributed by atoms with van der Waals surface area (Å²) in [5.41, 5.74) is 10.7. The topological polar surface area (TPSA) is 89.3 Å². The summed E-state index contributed by atoms with van der Waals surface area (Å²) in [5, 5.41) is 0. The lowest BCUT2D eigenvalue weighted by Crippen LogP contribution is -2.22. The minimum Gasteiger partial charge on any atom is -0.343 e. The summed E-state index contributed by atoms with van der Waals surface area (Å²) in [7, 11) is -3.07. The lowest BCUT2D eigenvalue weighted by atomic mass is 10.3. The minimum atomic E-state index is -3.07. The molecular formula is C6H17N2O2P. The van der Waals surface area contributed by atoms with Crippen molar-refractivity contribution in [2.45, 2.75) is 25.5 Å². The molecule has 0 rings (SSSR count). The molecule has 0 aliphatic heterocycles. The molecule has 0 saturated carbocycles. The zero-order valence-corrected chi connectivity index (χ0v) is 7.76. The summed E-state index contributed by atoms with van der Waals surface area (Å²) in [4.78, 5) is 9.21. The lowest BCUT2D eigenvalue weighted by Gasteiger charge is -2.16. The van der Waals surface area contributed by atoms with Crippen molar-refractivity contribution in [1.29, 1.82) is 0 Å². The van der Waals surface area contributed by atoms with Gasteiger partial charge in [0.25, 0.3) is 0 Å². The van der Waals surface area contributed by atoms with Gasteiger partial charge in [0.05, 0.1) is 5.78 Å². The Morgan fingerprint density at radius 1 is 1.64 bits per heavy atom. The maximum Gasteiger partial charge on any atom is 0.216 e. The third-order valence-corrected chi connectivity index (χ3v) is 3.88. The van der Waals surface area contributed by atoms with E-state index < -0.39 is 13.2 Å². The standard InChI is InChI=1S/C6H17N2O2P/c1-2-11(9,10)6(8)4-3-5-7/h6H,2-5,7-8H2,1H3,(H,9,10). The smallest absolute Gasteiger partial charge is 0.216 e. The van der Waals surface area contributed by atoms with E-state index in [1.165, 1.54) is 0 Å². The Morgan fingerprint density at radius 3 is 2.55 bits per heavy atom. The van der Waals surface area contributed by atoms with Crippen molar-refractivity contribution in [2.24, 2.45) is 11.5 Å². The van der Waals surface area contributed by atoms with Crippen LogP contribution in [0.5, 0.6) is 0 Å². The highest BCUT2D eigenvalue weighted by Crippen LogP contribution is 2.44. The Balaban J connectivity index is 3.81. The zero-order chi connectivity index (χ0) is 8.91. The van der Waals surface area contributed by atoms with Crippen LogP contribution >= 0.6 is 7.37 Å². The van der Waals surface area contributed by atoms with Gasteiger partial charge >= 0.3 is 0 Å². The molecule has 0 heterocycles. The van der Waals surface area contributed by atoms with Crippen LogP contribution in [-0.4, -0.2) is 23.4 Å². The molecule has 0 aromatic rings. The lowest BCUT2D eigenvalue weighted by molar-refractivity contribution is 0.458. The van der Waals surface area contributed by atoms with E-state index in [0.717, 1.165) is 0 Å². The fourth-order valence-electron chi connectivity index (χ4n) is 0.763. The first-order valence-corrected chi connectivity index (χ1v) is 5.73. The van der Waals surface area contributed by atoms with Crippen LogP contribution in [0.15, 0.2) is 0 Å². The Hall–Kier alpha value is 0.110. The predicted octanol–water partition coefficient (Wildman–Crippen LogP) is 0.300. The number of hydrogen-bond donors (Lipinski definition) is 3. The molecule has 5 N–H and O–H groups in total. The van der Waals surface area contributed by atoms with E-state index in [2.05, 4.69) is 0 Å². The number of rotatable bonds is 5. The van der Waals surface area contributed by atoms with Crippen molar-refractivity contribution >= 4 is 7.37 Å². The van der Waals surface area contributed by atoms with Crippen LogP contribution in [0.4, 0.5) is 0 Å². The molecule has 11 heavy (non-hydrogen) atoms. The molecular weight excluding hydrogens is 163 g/mol. The van der Waals surface area contributed by atoms with Crippen LogP contribution in [0.25, 0.3) is 0 Å². The van der Waals surface area contributed by atoms with Crippen LogP contribution in [0, 0.1) is 0 Å². The average molecular weight is 180 g/mol. The van der Waals surface area contributed by atoms with E-state index in [0.29, 0.717) is 19.4 Å². The largest absolute Gasteiger partial charge is 0.343 e. The first-order valence-electron chi connectivity index (χ1n) is 3.81. The van der Waals surface area contributed by atoms with Gasteiger partial charge in [-0.15, -0.1) is 0 Å². The first kappa shape index (κ1) is 11.1. The van der Waals surface area contributed by atoms with E-state index in [-0.39, 0.29) is 6.16 Å². The highest BCUT2D eigenvalue weighted by molar-refractivity contribution is 7.58. The molecule has 0 aliphatic rings. The third kappa shape index (κ3) is 3.87. The Bertz CT molecular complexity index is 152. The maximum atomic E-state index is 11.2. The molecule has 68 valence electrons. The fourth-order valence-corrected chi connectivity index (χ4v) is 1.82. The monoisotopic (exact) mass is 180 g/mol. The van der Waals surface area contributed by atoms with Gasteiger partial charge in [-0.2, -0.15) is 0 Å². The van der Waals surface area contributed by atoms with Gasteiger partial charge in [-0.1, -0.05) is 6.92 Å². The highest BCUT2D eigenvalue weighted by Gasteiger charge is 2.23. The fraction of sp³-hybridized carbons (Fsp3) is 1.00. The van der Waals surface area contributed by atoms with Crippen molar-refractivity contribution in [2.75, 3.05) is 12.7 Å². The van der Waals surface area contributed by atoms with Gasteiger partial charge in [-0.3, -0.25) is 4.57 Å². The highest BCUT2D eigenvalue weighted by atomic mass is 31.2. The van der Waals surface area contributed by atoms with E-state index in [9.17, 15) is 9.46 Å². The molecule has 0 aromatic heterocycles. The molecule has 0 aromatic carbocycles. The average Bonchev–Trinajstić information content (AvgIpc) is 2.00. The van der Waals surface area contributed by atoms with Crippen molar-refractivity contribution < 1.29 is 9.46 Å². The summed E-state index contributed by atoms with van der Waals surface area (Å²) >= 11 is 0. The van der Waals surface area contributed by atoms with Crippen LogP contribution in [0.2, 0.25) is 0 Å². The Labute approximate surface area is 67.4 Å². The summed E-state index contributed by atoms with van der Waals surface area (Å²) in [6.07, 6.45) is 1.50. The van der Waals surface area contributed by atoms with E-state index >= 15 is 0 Å². The van der Waals surface area contributed by atoms with Crippen LogP contribution in [0.1, 0.15) is 19.8 Å². The molecule has 2 unspecified atom stereocenters. The van der Waals surface area contributed by atoms with Crippen LogP contribution < -0.4 is 11.5 Å². The summed E-state index contributed by atoms with van der Waals surface area (Å²) in [6.45, 7) is 2.19. The zero-order valence-electron chi connectivity index (χ0n) is 6.86. The second-order valence-electron chi connectivity index (χ2n) is 2.57.